The first-order chi connectivity index (χ1) is 14.3. The quantitative estimate of drug-likeness (QED) is 0.445. The van der Waals surface area contributed by atoms with Crippen LogP contribution >= 0.6 is 0 Å². The molecule has 0 amide bonds. The van der Waals surface area contributed by atoms with Crippen LogP contribution in [0.5, 0.6) is 0 Å². The van der Waals surface area contributed by atoms with E-state index in [2.05, 4.69) is 20.8 Å². The molecule has 0 N–H and O–H groups in total. The van der Waals surface area contributed by atoms with Crippen molar-refractivity contribution in [3.8, 4) is 0 Å². The number of carbonyl (C=O) groups excluding carboxylic acids is 1. The van der Waals surface area contributed by atoms with Gasteiger partial charge < -0.3 is 18.9 Å². The molecule has 30 heavy (non-hydrogen) atoms. The fraction of sp³-hybridized carbons (Fsp3) is 0.857. The average Bonchev–Trinajstić information content (AvgIpc) is 3.61. The minimum Gasteiger partial charge on any atom is -0.458 e. The van der Waals surface area contributed by atoms with E-state index in [4.69, 9.17) is 27.3 Å². The third kappa shape index (κ3) is 1.38. The molecule has 0 bridgehead atoms. The van der Waals surface area contributed by atoms with Gasteiger partial charge in [0.15, 0.2) is 11.2 Å². The van der Waals surface area contributed by atoms with Gasteiger partial charge in [0.25, 0.3) is 0 Å². The number of cyclic esters (lactones) is 1. The highest BCUT2D eigenvalue weighted by molar-refractivity contribution is 7.75. The maximum absolute atomic E-state index is 12.4. The van der Waals surface area contributed by atoms with Crippen LogP contribution in [0.2, 0.25) is 0 Å². The molecule has 162 valence electrons. The molecule has 4 saturated heterocycles. The zero-order chi connectivity index (χ0) is 20.5. The number of ether oxygens (including phenoxy) is 4. The predicted octanol–water partition coefficient (Wildman–Crippen LogP) is 1.11. The summed E-state index contributed by atoms with van der Waals surface area (Å²) >= 11 is -1.83. The molecule has 10 atom stereocenters. The SMILES string of the molecule is CC(C)[C@]12O[C@H]1[C@@H]1OC13C1(O[C@H]1C[C@H]1C4=C(CC[C@@]13C)C(=O)OC4)[C@]21COS(=O)O1. The normalized spacial score (nSPS) is 63.5. The first kappa shape index (κ1) is 17.7. The van der Waals surface area contributed by atoms with Crippen molar-refractivity contribution in [1.82, 2.24) is 0 Å². The van der Waals surface area contributed by atoms with Crippen molar-refractivity contribution in [3.63, 3.8) is 0 Å². The molecule has 0 aromatic heterocycles. The molecule has 8 rings (SSSR count). The minimum atomic E-state index is -1.83. The Kier molecular flexibility index (Phi) is 2.71. The number of esters is 1. The van der Waals surface area contributed by atoms with Crippen LogP contribution in [-0.4, -0.2) is 64.1 Å². The van der Waals surface area contributed by atoms with E-state index in [1.165, 1.54) is 0 Å². The zero-order valence-electron chi connectivity index (χ0n) is 17.1. The van der Waals surface area contributed by atoms with Crippen molar-refractivity contribution < 1.29 is 36.3 Å². The summed E-state index contributed by atoms with van der Waals surface area (Å²) in [4.78, 5) is 12.2. The lowest BCUT2D eigenvalue weighted by Gasteiger charge is -2.56. The molecule has 0 aromatic carbocycles. The molecule has 5 aliphatic heterocycles. The molecule has 2 saturated carbocycles. The van der Waals surface area contributed by atoms with Gasteiger partial charge in [0.2, 0.25) is 0 Å². The van der Waals surface area contributed by atoms with Gasteiger partial charge >= 0.3 is 17.3 Å². The first-order valence-corrected chi connectivity index (χ1v) is 12.0. The third-order valence-corrected chi connectivity index (χ3v) is 10.7. The van der Waals surface area contributed by atoms with E-state index in [1.807, 2.05) is 0 Å². The summed E-state index contributed by atoms with van der Waals surface area (Å²) < 4.78 is 49.2. The topological polar surface area (TPSA) is 99.4 Å². The molecule has 3 aliphatic carbocycles. The molecule has 5 heterocycles. The number of hydrogen-bond donors (Lipinski definition) is 0. The molecule has 0 radical (unpaired) electrons. The molecule has 3 spiro atoms. The van der Waals surface area contributed by atoms with Gasteiger partial charge in [-0.15, -0.1) is 0 Å². The second-order valence-electron chi connectivity index (χ2n) is 10.8. The van der Waals surface area contributed by atoms with Crippen molar-refractivity contribution >= 4 is 17.3 Å². The number of carbonyl (C=O) groups is 1. The standard InChI is InChI=1S/C21H24O8S/c1-9(2)19-14(27-19)15-21(28-15)17(3)5-4-10-11(7-24-16(10)22)12(17)6-13-20(21,26-13)18(19)8-25-30(23)29-18/h9,12-15H,4-8H2,1-3H3/t12-,13-,14-,15-,17-,18-,19-,20?,21?,30?/m0/s1. The maximum Gasteiger partial charge on any atom is 0.334 e. The molecule has 8 aliphatic rings. The Morgan fingerprint density at radius 3 is 2.70 bits per heavy atom. The van der Waals surface area contributed by atoms with Gasteiger partial charge in [-0.2, -0.15) is 4.21 Å². The van der Waals surface area contributed by atoms with Gasteiger partial charge in [-0.3, -0.25) is 8.37 Å². The Hall–Kier alpha value is -0.840. The van der Waals surface area contributed by atoms with Crippen LogP contribution in [0.25, 0.3) is 0 Å². The Labute approximate surface area is 176 Å². The number of epoxide rings is 3. The van der Waals surface area contributed by atoms with E-state index in [0.717, 1.165) is 24.0 Å². The second kappa shape index (κ2) is 4.61. The van der Waals surface area contributed by atoms with E-state index < -0.39 is 33.8 Å². The lowest BCUT2D eigenvalue weighted by atomic mass is 9.44. The van der Waals surface area contributed by atoms with E-state index in [-0.39, 0.29) is 48.1 Å². The lowest BCUT2D eigenvalue weighted by Crippen LogP contribution is -2.76. The third-order valence-electron chi connectivity index (χ3n) is 9.93. The second-order valence-corrected chi connectivity index (χ2v) is 11.6. The van der Waals surface area contributed by atoms with Crippen LogP contribution in [0.15, 0.2) is 11.1 Å². The van der Waals surface area contributed by atoms with E-state index in [1.54, 1.807) is 0 Å². The van der Waals surface area contributed by atoms with Gasteiger partial charge in [-0.1, -0.05) is 20.8 Å². The molecular formula is C21H24O8S. The highest BCUT2D eigenvalue weighted by Crippen LogP contribution is 2.86. The highest BCUT2D eigenvalue weighted by Gasteiger charge is 3.05. The Bertz CT molecular complexity index is 1010. The maximum atomic E-state index is 12.4. The largest absolute Gasteiger partial charge is 0.458 e. The Balaban J connectivity index is 1.34. The number of fused-ring (bicyclic) bond motifs is 5. The summed E-state index contributed by atoms with van der Waals surface area (Å²) in [5.74, 6) is 0.127. The van der Waals surface area contributed by atoms with Crippen molar-refractivity contribution in [3.05, 3.63) is 11.1 Å². The van der Waals surface area contributed by atoms with E-state index in [9.17, 15) is 9.00 Å². The van der Waals surface area contributed by atoms with Gasteiger partial charge in [0, 0.05) is 11.0 Å². The van der Waals surface area contributed by atoms with Crippen LogP contribution < -0.4 is 0 Å². The number of rotatable bonds is 1. The average molecular weight is 436 g/mol. The Morgan fingerprint density at radius 1 is 1.13 bits per heavy atom. The van der Waals surface area contributed by atoms with E-state index in [0.29, 0.717) is 13.0 Å². The van der Waals surface area contributed by atoms with Crippen LogP contribution in [0.3, 0.4) is 0 Å². The van der Waals surface area contributed by atoms with Gasteiger partial charge in [0.1, 0.15) is 36.6 Å². The van der Waals surface area contributed by atoms with Crippen molar-refractivity contribution in [1.29, 1.82) is 0 Å². The summed E-state index contributed by atoms with van der Waals surface area (Å²) in [5, 5.41) is 0. The molecule has 6 fully saturated rings. The van der Waals surface area contributed by atoms with E-state index >= 15 is 0 Å². The van der Waals surface area contributed by atoms with Crippen LogP contribution in [0.4, 0.5) is 0 Å². The predicted molar refractivity (Wildman–Crippen MR) is 99.0 cm³/mol. The van der Waals surface area contributed by atoms with Crippen LogP contribution in [0, 0.1) is 17.3 Å². The Morgan fingerprint density at radius 2 is 1.97 bits per heavy atom. The lowest BCUT2D eigenvalue weighted by molar-refractivity contribution is -0.142. The molecule has 9 heteroatoms. The summed E-state index contributed by atoms with van der Waals surface area (Å²) in [6, 6.07) is 0. The smallest absolute Gasteiger partial charge is 0.334 e. The van der Waals surface area contributed by atoms with Gasteiger partial charge in [0.05, 0.1) is 6.10 Å². The summed E-state index contributed by atoms with van der Waals surface area (Å²) in [6.45, 7) is 7.05. The monoisotopic (exact) mass is 436 g/mol. The molecule has 3 unspecified atom stereocenters. The van der Waals surface area contributed by atoms with Crippen molar-refractivity contribution in [2.75, 3.05) is 13.2 Å². The minimum absolute atomic E-state index is 0.0823. The summed E-state index contributed by atoms with van der Waals surface area (Å²) in [6.07, 6.45) is 1.97. The molecule has 8 nitrogen and oxygen atoms in total. The zero-order valence-corrected chi connectivity index (χ0v) is 17.9. The first-order valence-electron chi connectivity index (χ1n) is 11.0. The highest BCUT2D eigenvalue weighted by atomic mass is 32.2. The molecular weight excluding hydrogens is 412 g/mol. The summed E-state index contributed by atoms with van der Waals surface area (Å²) in [5.41, 5.74) is -1.16. The van der Waals surface area contributed by atoms with Gasteiger partial charge in [-0.25, -0.2) is 4.79 Å². The number of hydrogen-bond acceptors (Lipinski definition) is 8. The molecule has 0 aromatic rings. The van der Waals surface area contributed by atoms with Crippen molar-refractivity contribution in [2.24, 2.45) is 17.3 Å². The van der Waals surface area contributed by atoms with Gasteiger partial charge in [-0.05, 0) is 36.7 Å². The van der Waals surface area contributed by atoms with Crippen molar-refractivity contribution in [2.45, 2.75) is 80.7 Å². The van der Waals surface area contributed by atoms with Crippen LogP contribution in [0.1, 0.15) is 40.0 Å². The fourth-order valence-electron chi connectivity index (χ4n) is 8.69. The fourth-order valence-corrected chi connectivity index (χ4v) is 9.53. The summed E-state index contributed by atoms with van der Waals surface area (Å²) in [7, 11) is 0. The van der Waals surface area contributed by atoms with Crippen LogP contribution in [-0.2, 0) is 43.5 Å².